The average Bonchev–Trinajstić information content (AvgIpc) is 2.93. The van der Waals surface area contributed by atoms with Gasteiger partial charge in [-0.3, -0.25) is 9.59 Å². The maximum atomic E-state index is 13.9. The standard InChI is InChI=1S/C24H18F4IN3O2/c1-24(2)21-18(29)6-13(22(33)31-10-15-16(26)8-14(25)9-17(15)27)7-19(21)32(23(24)34)11-12-3-4-30-20(28)5-12/h3-9H,10-11H2,1-2H3,(H,31,33). The van der Waals surface area contributed by atoms with Crippen molar-refractivity contribution in [2.45, 2.75) is 32.4 Å². The fourth-order valence-corrected chi connectivity index (χ4v) is 5.29. The zero-order chi connectivity index (χ0) is 24.8. The van der Waals surface area contributed by atoms with Gasteiger partial charge >= 0.3 is 0 Å². The molecule has 34 heavy (non-hydrogen) atoms. The van der Waals surface area contributed by atoms with E-state index in [4.69, 9.17) is 0 Å². The highest BCUT2D eigenvalue weighted by atomic mass is 127. The van der Waals surface area contributed by atoms with Gasteiger partial charge in [0, 0.05) is 45.1 Å². The summed E-state index contributed by atoms with van der Waals surface area (Å²) in [5, 5.41) is 2.43. The second-order valence-electron chi connectivity index (χ2n) is 8.39. The van der Waals surface area contributed by atoms with Crippen LogP contribution in [0.2, 0.25) is 0 Å². The van der Waals surface area contributed by atoms with Crippen molar-refractivity contribution < 1.29 is 27.2 Å². The van der Waals surface area contributed by atoms with Gasteiger partial charge in [-0.1, -0.05) is 0 Å². The molecule has 2 amide bonds. The van der Waals surface area contributed by atoms with Crippen LogP contribution in [-0.4, -0.2) is 16.8 Å². The molecular weight excluding hydrogens is 565 g/mol. The maximum Gasteiger partial charge on any atom is 0.251 e. The van der Waals surface area contributed by atoms with Crippen LogP contribution in [-0.2, 0) is 23.3 Å². The molecule has 5 nitrogen and oxygen atoms in total. The Labute approximate surface area is 206 Å². The first-order valence-electron chi connectivity index (χ1n) is 10.2. The number of fused-ring (bicyclic) bond motifs is 1. The topological polar surface area (TPSA) is 62.3 Å². The minimum absolute atomic E-state index is 0.0713. The SMILES string of the molecule is CC1(C)C(=O)N(Cc2ccnc(F)c2)c2cc(C(=O)NCc3c(F)cc(F)cc3F)cc(I)c21. The normalized spacial score (nSPS) is 14.3. The van der Waals surface area contributed by atoms with Crippen molar-refractivity contribution in [1.82, 2.24) is 10.3 Å². The number of aromatic nitrogens is 1. The van der Waals surface area contributed by atoms with E-state index in [2.05, 4.69) is 10.3 Å². The van der Waals surface area contributed by atoms with Crippen molar-refractivity contribution >= 4 is 40.1 Å². The molecule has 176 valence electrons. The van der Waals surface area contributed by atoms with Crippen LogP contribution < -0.4 is 10.2 Å². The van der Waals surface area contributed by atoms with Gasteiger partial charge in [-0.25, -0.2) is 18.2 Å². The zero-order valence-corrected chi connectivity index (χ0v) is 20.2. The Morgan fingerprint density at radius 1 is 1.09 bits per heavy atom. The van der Waals surface area contributed by atoms with E-state index >= 15 is 0 Å². The number of anilines is 1. The minimum atomic E-state index is -1.11. The van der Waals surface area contributed by atoms with Crippen molar-refractivity contribution in [2.75, 3.05) is 4.90 Å². The van der Waals surface area contributed by atoms with E-state index in [1.165, 1.54) is 23.2 Å². The summed E-state index contributed by atoms with van der Waals surface area (Å²) in [5.74, 6) is -4.79. The molecule has 4 rings (SSSR count). The summed E-state index contributed by atoms with van der Waals surface area (Å²) in [6, 6.07) is 7.00. The number of halogens is 5. The first-order valence-corrected chi connectivity index (χ1v) is 11.2. The number of carbonyl (C=O) groups is 2. The summed E-state index contributed by atoms with van der Waals surface area (Å²) in [5.41, 5.74) is 0.554. The molecule has 0 fully saturated rings. The summed E-state index contributed by atoms with van der Waals surface area (Å²) in [6.07, 6.45) is 1.30. The molecule has 1 N–H and O–H groups in total. The molecule has 0 spiro atoms. The molecule has 0 aliphatic carbocycles. The molecule has 0 radical (unpaired) electrons. The number of hydrogen-bond acceptors (Lipinski definition) is 3. The highest BCUT2D eigenvalue weighted by Crippen LogP contribution is 2.45. The van der Waals surface area contributed by atoms with E-state index in [-0.39, 0.29) is 18.0 Å². The van der Waals surface area contributed by atoms with Gasteiger partial charge in [0.05, 0.1) is 17.6 Å². The maximum absolute atomic E-state index is 13.9. The lowest BCUT2D eigenvalue weighted by molar-refractivity contribution is -0.122. The first kappa shape index (κ1) is 24.1. The molecular formula is C24H18F4IN3O2. The summed E-state index contributed by atoms with van der Waals surface area (Å²) in [4.78, 5) is 31.0. The lowest BCUT2D eigenvalue weighted by atomic mass is 9.86. The number of benzene rings is 2. The lowest BCUT2D eigenvalue weighted by Gasteiger charge is -2.20. The lowest BCUT2D eigenvalue weighted by Crippen LogP contribution is -2.35. The molecule has 2 heterocycles. The van der Waals surface area contributed by atoms with E-state index in [1.54, 1.807) is 26.0 Å². The summed E-state index contributed by atoms with van der Waals surface area (Å²) in [7, 11) is 0. The third-order valence-corrected chi connectivity index (χ3v) is 6.54. The van der Waals surface area contributed by atoms with Crippen LogP contribution in [0.15, 0.2) is 42.6 Å². The largest absolute Gasteiger partial charge is 0.348 e. The number of rotatable bonds is 5. The highest BCUT2D eigenvalue weighted by Gasteiger charge is 2.45. The first-order chi connectivity index (χ1) is 16.0. The molecule has 2 aromatic carbocycles. The van der Waals surface area contributed by atoms with Crippen molar-refractivity contribution in [3.05, 3.63) is 91.8 Å². The number of amides is 2. The van der Waals surface area contributed by atoms with Gasteiger partial charge in [0.1, 0.15) is 17.5 Å². The zero-order valence-electron chi connectivity index (χ0n) is 18.1. The quantitative estimate of drug-likeness (QED) is 0.262. The Morgan fingerprint density at radius 3 is 2.41 bits per heavy atom. The number of carbonyl (C=O) groups excluding carboxylic acids is 2. The molecule has 3 aromatic rings. The molecule has 10 heteroatoms. The fourth-order valence-electron chi connectivity index (χ4n) is 4.00. The van der Waals surface area contributed by atoms with Gasteiger partial charge in [-0.15, -0.1) is 0 Å². The van der Waals surface area contributed by atoms with Crippen LogP contribution in [0.5, 0.6) is 0 Å². The smallest absolute Gasteiger partial charge is 0.251 e. The fraction of sp³-hybridized carbons (Fsp3) is 0.208. The second kappa shape index (κ2) is 8.97. The monoisotopic (exact) mass is 583 g/mol. The van der Waals surface area contributed by atoms with Gasteiger partial charge in [0.2, 0.25) is 11.9 Å². The Bertz CT molecular complexity index is 1310. The predicted octanol–water partition coefficient (Wildman–Crippen LogP) is 5.00. The van der Waals surface area contributed by atoms with E-state index in [0.717, 1.165) is 5.56 Å². The Morgan fingerprint density at radius 2 is 1.76 bits per heavy atom. The van der Waals surface area contributed by atoms with Crippen molar-refractivity contribution in [3.8, 4) is 0 Å². The van der Waals surface area contributed by atoms with Crippen LogP contribution in [0.4, 0.5) is 23.2 Å². The molecule has 0 saturated heterocycles. The molecule has 1 aromatic heterocycles. The summed E-state index contributed by atoms with van der Waals surface area (Å²) >= 11 is 2.03. The average molecular weight is 583 g/mol. The van der Waals surface area contributed by atoms with Gasteiger partial charge in [-0.05, 0) is 66.3 Å². The minimum Gasteiger partial charge on any atom is -0.348 e. The molecule has 1 aliphatic rings. The highest BCUT2D eigenvalue weighted by molar-refractivity contribution is 14.1. The van der Waals surface area contributed by atoms with Crippen LogP contribution in [0.3, 0.4) is 0 Å². The Kier molecular flexibility index (Phi) is 6.36. The van der Waals surface area contributed by atoms with Crippen molar-refractivity contribution in [3.63, 3.8) is 0 Å². The van der Waals surface area contributed by atoms with Crippen LogP contribution in [0, 0.1) is 27.0 Å². The summed E-state index contributed by atoms with van der Waals surface area (Å²) in [6.45, 7) is 3.11. The molecule has 0 saturated carbocycles. The van der Waals surface area contributed by atoms with E-state index in [9.17, 15) is 27.2 Å². The second-order valence-corrected chi connectivity index (χ2v) is 9.55. The van der Waals surface area contributed by atoms with Crippen LogP contribution >= 0.6 is 22.6 Å². The third-order valence-electron chi connectivity index (χ3n) is 5.69. The van der Waals surface area contributed by atoms with Gasteiger partial charge < -0.3 is 10.2 Å². The Hall–Kier alpha value is -3.02. The summed E-state index contributed by atoms with van der Waals surface area (Å²) < 4.78 is 55.2. The molecule has 0 unspecified atom stereocenters. The van der Waals surface area contributed by atoms with E-state index in [0.29, 0.717) is 27.0 Å². The molecule has 0 atom stereocenters. The van der Waals surface area contributed by atoms with E-state index in [1.807, 2.05) is 22.6 Å². The third kappa shape index (κ3) is 4.38. The van der Waals surface area contributed by atoms with Gasteiger partial charge in [-0.2, -0.15) is 4.39 Å². The van der Waals surface area contributed by atoms with Crippen LogP contribution in [0.1, 0.15) is 40.9 Å². The van der Waals surface area contributed by atoms with Crippen LogP contribution in [0.25, 0.3) is 0 Å². The Balaban J connectivity index is 1.65. The molecule has 1 aliphatic heterocycles. The van der Waals surface area contributed by atoms with Gasteiger partial charge in [0.25, 0.3) is 5.91 Å². The van der Waals surface area contributed by atoms with E-state index < -0.39 is 46.8 Å². The number of nitrogens with zero attached hydrogens (tertiary/aromatic N) is 2. The molecule has 0 bridgehead atoms. The number of nitrogens with one attached hydrogen (secondary N) is 1. The number of pyridine rings is 1. The predicted molar refractivity (Wildman–Crippen MR) is 125 cm³/mol. The van der Waals surface area contributed by atoms with Crippen molar-refractivity contribution in [1.29, 1.82) is 0 Å². The number of hydrogen-bond donors (Lipinski definition) is 1. The van der Waals surface area contributed by atoms with Gasteiger partial charge in [0.15, 0.2) is 0 Å². The van der Waals surface area contributed by atoms with Crippen molar-refractivity contribution in [2.24, 2.45) is 0 Å².